The zero-order valence-electron chi connectivity index (χ0n) is 9.45. The fraction of sp³-hybridized carbons (Fsp3) is 0.727. The van der Waals surface area contributed by atoms with Gasteiger partial charge in [0.15, 0.2) is 0 Å². The van der Waals surface area contributed by atoms with Crippen LogP contribution in [0.25, 0.3) is 0 Å². The van der Waals surface area contributed by atoms with Crippen molar-refractivity contribution in [2.45, 2.75) is 33.7 Å². The second kappa shape index (κ2) is 5.81. The maximum absolute atomic E-state index is 4.23. The minimum atomic E-state index is 0.787. The number of aromatic nitrogens is 2. The van der Waals surface area contributed by atoms with Gasteiger partial charge in [-0.2, -0.15) is 5.10 Å². The molecule has 0 atom stereocenters. The highest BCUT2D eigenvalue weighted by molar-refractivity contribution is 4.99. The van der Waals surface area contributed by atoms with Gasteiger partial charge in [-0.1, -0.05) is 13.8 Å². The lowest BCUT2D eigenvalue weighted by Crippen LogP contribution is -2.22. The van der Waals surface area contributed by atoms with Crippen molar-refractivity contribution in [1.29, 1.82) is 0 Å². The number of aryl methyl sites for hydroxylation is 1. The van der Waals surface area contributed by atoms with E-state index < -0.39 is 0 Å². The second-order valence-electron chi connectivity index (χ2n) is 4.21. The number of hydrogen-bond donors (Lipinski definition) is 1. The highest BCUT2D eigenvalue weighted by atomic mass is 15.3. The van der Waals surface area contributed by atoms with Crippen molar-refractivity contribution < 1.29 is 0 Å². The largest absolute Gasteiger partial charge is 0.315 e. The summed E-state index contributed by atoms with van der Waals surface area (Å²) in [6, 6.07) is 0. The third kappa shape index (κ3) is 4.42. The van der Waals surface area contributed by atoms with Gasteiger partial charge < -0.3 is 5.32 Å². The van der Waals surface area contributed by atoms with Crippen LogP contribution in [-0.2, 0) is 6.54 Å². The minimum absolute atomic E-state index is 0.787. The third-order valence-corrected chi connectivity index (χ3v) is 2.18. The molecule has 0 aromatic carbocycles. The van der Waals surface area contributed by atoms with Crippen molar-refractivity contribution in [3.8, 4) is 0 Å². The third-order valence-electron chi connectivity index (χ3n) is 2.18. The van der Waals surface area contributed by atoms with Crippen LogP contribution in [0.1, 0.15) is 25.8 Å². The van der Waals surface area contributed by atoms with Crippen LogP contribution in [0.4, 0.5) is 0 Å². The van der Waals surface area contributed by atoms with E-state index in [0.29, 0.717) is 0 Å². The first-order valence-corrected chi connectivity index (χ1v) is 5.38. The van der Waals surface area contributed by atoms with Crippen molar-refractivity contribution >= 4 is 0 Å². The Kier molecular flexibility index (Phi) is 4.66. The first-order valence-electron chi connectivity index (χ1n) is 5.38. The number of rotatable bonds is 6. The van der Waals surface area contributed by atoms with Crippen molar-refractivity contribution in [3.05, 3.63) is 18.0 Å². The molecule has 0 spiro atoms. The van der Waals surface area contributed by atoms with Crippen molar-refractivity contribution in [2.75, 3.05) is 13.1 Å². The molecular weight excluding hydrogens is 174 g/mol. The summed E-state index contributed by atoms with van der Waals surface area (Å²) in [6.45, 7) is 9.64. The van der Waals surface area contributed by atoms with Crippen LogP contribution in [0.3, 0.4) is 0 Å². The molecule has 0 aliphatic carbocycles. The first kappa shape index (κ1) is 11.2. The molecular formula is C11H21N3. The number of nitrogens with one attached hydrogen (secondary N) is 1. The molecule has 0 saturated heterocycles. The summed E-state index contributed by atoms with van der Waals surface area (Å²) in [4.78, 5) is 0. The van der Waals surface area contributed by atoms with Gasteiger partial charge in [-0.3, -0.25) is 4.68 Å². The zero-order chi connectivity index (χ0) is 10.4. The van der Waals surface area contributed by atoms with Crippen LogP contribution < -0.4 is 5.32 Å². The maximum atomic E-state index is 4.23. The lowest BCUT2D eigenvalue weighted by Gasteiger charge is -2.06. The Morgan fingerprint density at radius 2 is 2.21 bits per heavy atom. The van der Waals surface area contributed by atoms with Gasteiger partial charge in [0, 0.05) is 12.7 Å². The van der Waals surface area contributed by atoms with E-state index in [9.17, 15) is 0 Å². The Morgan fingerprint density at radius 1 is 1.43 bits per heavy atom. The highest BCUT2D eigenvalue weighted by Crippen LogP contribution is 1.96. The molecule has 3 heteroatoms. The molecule has 80 valence electrons. The molecule has 0 saturated carbocycles. The van der Waals surface area contributed by atoms with Gasteiger partial charge in [0.1, 0.15) is 0 Å². The molecule has 0 fully saturated rings. The van der Waals surface area contributed by atoms with E-state index in [1.54, 1.807) is 0 Å². The van der Waals surface area contributed by atoms with E-state index >= 15 is 0 Å². The summed E-state index contributed by atoms with van der Waals surface area (Å²) in [6.07, 6.45) is 5.22. The summed E-state index contributed by atoms with van der Waals surface area (Å²) in [7, 11) is 0. The van der Waals surface area contributed by atoms with Gasteiger partial charge in [0.2, 0.25) is 0 Å². The predicted molar refractivity (Wildman–Crippen MR) is 59.3 cm³/mol. The fourth-order valence-electron chi connectivity index (χ4n) is 1.30. The molecule has 1 heterocycles. The fourth-order valence-corrected chi connectivity index (χ4v) is 1.30. The molecule has 0 aliphatic heterocycles. The monoisotopic (exact) mass is 195 g/mol. The topological polar surface area (TPSA) is 29.9 Å². The summed E-state index contributed by atoms with van der Waals surface area (Å²) in [5.74, 6) is 0.787. The smallest absolute Gasteiger partial charge is 0.0534 e. The summed E-state index contributed by atoms with van der Waals surface area (Å²) >= 11 is 0. The number of hydrogen-bond acceptors (Lipinski definition) is 2. The van der Waals surface area contributed by atoms with E-state index in [1.807, 2.05) is 10.9 Å². The van der Waals surface area contributed by atoms with Crippen LogP contribution >= 0.6 is 0 Å². The van der Waals surface area contributed by atoms with Gasteiger partial charge in [-0.15, -0.1) is 0 Å². The Morgan fingerprint density at radius 3 is 2.79 bits per heavy atom. The lowest BCUT2D eigenvalue weighted by atomic mass is 10.1. The quantitative estimate of drug-likeness (QED) is 0.702. The molecule has 0 bridgehead atoms. The first-order chi connectivity index (χ1) is 6.68. The molecule has 3 nitrogen and oxygen atoms in total. The van der Waals surface area contributed by atoms with Gasteiger partial charge >= 0.3 is 0 Å². The van der Waals surface area contributed by atoms with Gasteiger partial charge in [-0.25, -0.2) is 0 Å². The van der Waals surface area contributed by atoms with E-state index in [2.05, 4.69) is 37.4 Å². The van der Waals surface area contributed by atoms with E-state index in [4.69, 9.17) is 0 Å². The molecule has 1 rings (SSSR count). The summed E-state index contributed by atoms with van der Waals surface area (Å²) in [5.41, 5.74) is 1.23. The molecule has 0 aliphatic rings. The van der Waals surface area contributed by atoms with Crippen molar-refractivity contribution in [2.24, 2.45) is 5.92 Å². The van der Waals surface area contributed by atoms with E-state index in [0.717, 1.165) is 25.6 Å². The standard InChI is InChI=1S/C11H21N3/c1-10(2)4-5-12-6-7-14-9-11(3)8-13-14/h8-10,12H,4-7H2,1-3H3. The molecule has 0 radical (unpaired) electrons. The summed E-state index contributed by atoms with van der Waals surface area (Å²) < 4.78 is 1.98. The van der Waals surface area contributed by atoms with Crippen LogP contribution in [-0.4, -0.2) is 22.9 Å². The predicted octanol–water partition coefficient (Wildman–Crippen LogP) is 1.83. The highest BCUT2D eigenvalue weighted by Gasteiger charge is 1.95. The molecule has 1 N–H and O–H groups in total. The Bertz CT molecular complexity index is 253. The Labute approximate surface area is 86.5 Å². The van der Waals surface area contributed by atoms with Crippen LogP contribution in [0.2, 0.25) is 0 Å². The normalized spacial score (nSPS) is 11.1. The zero-order valence-corrected chi connectivity index (χ0v) is 9.45. The van der Waals surface area contributed by atoms with Crippen LogP contribution in [0.5, 0.6) is 0 Å². The van der Waals surface area contributed by atoms with Gasteiger partial charge in [-0.05, 0) is 31.4 Å². The lowest BCUT2D eigenvalue weighted by molar-refractivity contribution is 0.505. The van der Waals surface area contributed by atoms with Crippen LogP contribution in [0.15, 0.2) is 12.4 Å². The molecule has 0 unspecified atom stereocenters. The van der Waals surface area contributed by atoms with Crippen molar-refractivity contribution in [1.82, 2.24) is 15.1 Å². The summed E-state index contributed by atoms with van der Waals surface area (Å²) in [5, 5.41) is 7.64. The molecule has 14 heavy (non-hydrogen) atoms. The Hall–Kier alpha value is -0.830. The average molecular weight is 195 g/mol. The second-order valence-corrected chi connectivity index (χ2v) is 4.21. The van der Waals surface area contributed by atoms with E-state index in [1.165, 1.54) is 12.0 Å². The van der Waals surface area contributed by atoms with E-state index in [-0.39, 0.29) is 0 Å². The van der Waals surface area contributed by atoms with Gasteiger partial charge in [0.25, 0.3) is 0 Å². The Balaban J connectivity index is 2.04. The molecule has 1 aromatic heterocycles. The molecule has 0 amide bonds. The minimum Gasteiger partial charge on any atom is -0.315 e. The SMILES string of the molecule is Cc1cnn(CCNCCC(C)C)c1. The van der Waals surface area contributed by atoms with Crippen LogP contribution in [0, 0.1) is 12.8 Å². The number of nitrogens with zero attached hydrogens (tertiary/aromatic N) is 2. The van der Waals surface area contributed by atoms with Gasteiger partial charge in [0.05, 0.1) is 12.7 Å². The average Bonchev–Trinajstić information content (AvgIpc) is 2.50. The van der Waals surface area contributed by atoms with Crippen molar-refractivity contribution in [3.63, 3.8) is 0 Å². The maximum Gasteiger partial charge on any atom is 0.0534 e. The molecule has 1 aromatic rings.